The number of aromatic nitrogens is 2. The van der Waals surface area contributed by atoms with Gasteiger partial charge in [0.1, 0.15) is 11.6 Å². The summed E-state index contributed by atoms with van der Waals surface area (Å²) in [4.78, 5) is 8.67. The summed E-state index contributed by atoms with van der Waals surface area (Å²) in [7, 11) is 1.68. The summed E-state index contributed by atoms with van der Waals surface area (Å²) in [5, 5.41) is 7.49. The molecule has 0 aliphatic heterocycles. The molecular formula is C19H18Cl2N4O. The summed E-state index contributed by atoms with van der Waals surface area (Å²) in [6.45, 7) is 0.722. The standard InChI is InChI=1S/C19H18Cl2N4O/c1-26-17-5-3-2-4-13(17)6-8-22-18-7-9-23-19(25-18)24-16-11-14(20)10-15(21)12-16/h2-5,7,9-12H,6,8H2,1H3,(H2,22,23,24,25). The summed E-state index contributed by atoms with van der Waals surface area (Å²) in [6, 6.07) is 15.0. The molecule has 0 bridgehead atoms. The maximum Gasteiger partial charge on any atom is 0.229 e. The monoisotopic (exact) mass is 388 g/mol. The maximum absolute atomic E-state index is 6.01. The molecule has 0 aliphatic rings. The van der Waals surface area contributed by atoms with Crippen molar-refractivity contribution in [2.45, 2.75) is 6.42 Å². The van der Waals surface area contributed by atoms with Crippen LogP contribution in [0.3, 0.4) is 0 Å². The van der Waals surface area contributed by atoms with Crippen molar-refractivity contribution < 1.29 is 4.74 Å². The van der Waals surface area contributed by atoms with Crippen LogP contribution in [0.4, 0.5) is 17.5 Å². The van der Waals surface area contributed by atoms with Crippen molar-refractivity contribution in [2.24, 2.45) is 0 Å². The first-order valence-electron chi connectivity index (χ1n) is 8.06. The molecule has 26 heavy (non-hydrogen) atoms. The number of para-hydroxylation sites is 1. The zero-order valence-corrected chi connectivity index (χ0v) is 15.7. The van der Waals surface area contributed by atoms with Crippen LogP contribution in [0.25, 0.3) is 0 Å². The first-order valence-corrected chi connectivity index (χ1v) is 8.81. The van der Waals surface area contributed by atoms with Gasteiger partial charge >= 0.3 is 0 Å². The fourth-order valence-corrected chi connectivity index (χ4v) is 3.03. The molecule has 0 amide bonds. The van der Waals surface area contributed by atoms with E-state index in [-0.39, 0.29) is 0 Å². The second kappa shape index (κ2) is 8.74. The molecule has 2 N–H and O–H groups in total. The zero-order chi connectivity index (χ0) is 18.4. The number of rotatable bonds is 7. The highest BCUT2D eigenvalue weighted by molar-refractivity contribution is 6.35. The van der Waals surface area contributed by atoms with Crippen LogP contribution in [0.15, 0.2) is 54.7 Å². The van der Waals surface area contributed by atoms with Crippen LogP contribution >= 0.6 is 23.2 Å². The van der Waals surface area contributed by atoms with Crippen molar-refractivity contribution in [3.05, 3.63) is 70.3 Å². The average molecular weight is 389 g/mol. The van der Waals surface area contributed by atoms with Crippen molar-refractivity contribution in [1.29, 1.82) is 0 Å². The van der Waals surface area contributed by atoms with Gasteiger partial charge < -0.3 is 15.4 Å². The molecule has 0 unspecified atom stereocenters. The minimum atomic E-state index is 0.464. The summed E-state index contributed by atoms with van der Waals surface area (Å²) >= 11 is 12.0. The SMILES string of the molecule is COc1ccccc1CCNc1ccnc(Nc2cc(Cl)cc(Cl)c2)n1. The lowest BCUT2D eigenvalue weighted by molar-refractivity contribution is 0.410. The number of hydrogen-bond acceptors (Lipinski definition) is 5. The Bertz CT molecular complexity index is 869. The fourth-order valence-electron chi connectivity index (χ4n) is 2.51. The lowest BCUT2D eigenvalue weighted by Crippen LogP contribution is -2.08. The Morgan fingerprint density at radius 2 is 1.81 bits per heavy atom. The number of methoxy groups -OCH3 is 1. The van der Waals surface area contributed by atoms with E-state index in [9.17, 15) is 0 Å². The average Bonchev–Trinajstić information content (AvgIpc) is 2.61. The highest BCUT2D eigenvalue weighted by Crippen LogP contribution is 2.24. The third-order valence-electron chi connectivity index (χ3n) is 3.67. The first kappa shape index (κ1) is 18.3. The van der Waals surface area contributed by atoms with E-state index in [1.54, 1.807) is 31.5 Å². The first-order chi connectivity index (χ1) is 12.6. The second-order valence-electron chi connectivity index (χ2n) is 5.54. The van der Waals surface area contributed by atoms with Gasteiger partial charge in [-0.2, -0.15) is 4.98 Å². The Labute approximate surface area is 162 Å². The molecule has 0 saturated carbocycles. The topological polar surface area (TPSA) is 59.1 Å². The van der Waals surface area contributed by atoms with Gasteiger partial charge in [-0.15, -0.1) is 0 Å². The van der Waals surface area contributed by atoms with Crippen LogP contribution in [0.1, 0.15) is 5.56 Å². The Hall–Kier alpha value is -2.50. The number of hydrogen-bond donors (Lipinski definition) is 2. The van der Waals surface area contributed by atoms with Crippen molar-refractivity contribution in [2.75, 3.05) is 24.3 Å². The van der Waals surface area contributed by atoms with Crippen LogP contribution in [-0.2, 0) is 6.42 Å². The van der Waals surface area contributed by atoms with Gasteiger partial charge in [0.2, 0.25) is 5.95 Å². The second-order valence-corrected chi connectivity index (χ2v) is 6.41. The van der Waals surface area contributed by atoms with Crippen molar-refractivity contribution in [3.63, 3.8) is 0 Å². The number of halogens is 2. The van der Waals surface area contributed by atoms with Crippen LogP contribution in [0.2, 0.25) is 10.0 Å². The van der Waals surface area contributed by atoms with Gasteiger partial charge in [-0.05, 0) is 42.3 Å². The third kappa shape index (κ3) is 5.00. The van der Waals surface area contributed by atoms with E-state index in [4.69, 9.17) is 27.9 Å². The van der Waals surface area contributed by atoms with Gasteiger partial charge in [0.25, 0.3) is 0 Å². The van der Waals surface area contributed by atoms with E-state index >= 15 is 0 Å². The fraction of sp³-hybridized carbons (Fsp3) is 0.158. The molecular weight excluding hydrogens is 371 g/mol. The minimum absolute atomic E-state index is 0.464. The molecule has 0 aliphatic carbocycles. The minimum Gasteiger partial charge on any atom is -0.496 e. The van der Waals surface area contributed by atoms with Crippen LogP contribution in [0.5, 0.6) is 5.75 Å². The number of nitrogens with zero attached hydrogens (tertiary/aromatic N) is 2. The van der Waals surface area contributed by atoms with E-state index in [1.165, 1.54) is 0 Å². The van der Waals surface area contributed by atoms with Crippen molar-refractivity contribution in [1.82, 2.24) is 9.97 Å². The summed E-state index contributed by atoms with van der Waals surface area (Å²) in [5.74, 6) is 2.08. The number of benzene rings is 2. The molecule has 0 radical (unpaired) electrons. The molecule has 0 atom stereocenters. The lowest BCUT2D eigenvalue weighted by atomic mass is 10.1. The van der Waals surface area contributed by atoms with E-state index < -0.39 is 0 Å². The molecule has 1 heterocycles. The molecule has 3 rings (SSSR count). The molecule has 3 aromatic rings. The van der Waals surface area contributed by atoms with Gasteiger partial charge in [0, 0.05) is 28.5 Å². The van der Waals surface area contributed by atoms with Crippen molar-refractivity contribution >= 4 is 40.7 Å². The maximum atomic E-state index is 6.01. The molecule has 0 spiro atoms. The molecule has 7 heteroatoms. The van der Waals surface area contributed by atoms with Gasteiger partial charge in [0.15, 0.2) is 0 Å². The highest BCUT2D eigenvalue weighted by Gasteiger charge is 2.04. The molecule has 0 fully saturated rings. The van der Waals surface area contributed by atoms with Crippen molar-refractivity contribution in [3.8, 4) is 5.75 Å². The summed E-state index contributed by atoms with van der Waals surface area (Å²) in [6.07, 6.45) is 2.51. The number of ether oxygens (including phenoxy) is 1. The van der Waals surface area contributed by atoms with Crippen LogP contribution < -0.4 is 15.4 Å². The molecule has 1 aromatic heterocycles. The predicted octanol–water partition coefficient (Wildman–Crippen LogP) is 5.19. The molecule has 2 aromatic carbocycles. The third-order valence-corrected chi connectivity index (χ3v) is 4.10. The number of nitrogens with one attached hydrogen (secondary N) is 2. The van der Waals surface area contributed by atoms with Gasteiger partial charge in [-0.25, -0.2) is 4.98 Å². The van der Waals surface area contributed by atoms with Gasteiger partial charge in [0.05, 0.1) is 7.11 Å². The van der Waals surface area contributed by atoms with Gasteiger partial charge in [-0.1, -0.05) is 41.4 Å². The summed E-state index contributed by atoms with van der Waals surface area (Å²) in [5.41, 5.74) is 1.87. The highest BCUT2D eigenvalue weighted by atomic mass is 35.5. The smallest absolute Gasteiger partial charge is 0.229 e. The Kier molecular flexibility index (Phi) is 6.15. The Morgan fingerprint density at radius 1 is 1.04 bits per heavy atom. The summed E-state index contributed by atoms with van der Waals surface area (Å²) < 4.78 is 5.37. The van der Waals surface area contributed by atoms with E-state index in [1.807, 2.05) is 24.3 Å². The normalized spacial score (nSPS) is 10.4. The van der Waals surface area contributed by atoms with Crippen LogP contribution in [0, 0.1) is 0 Å². The predicted molar refractivity (Wildman–Crippen MR) is 107 cm³/mol. The molecule has 0 saturated heterocycles. The largest absolute Gasteiger partial charge is 0.496 e. The Balaban J connectivity index is 1.62. The molecule has 134 valence electrons. The number of anilines is 3. The van der Waals surface area contributed by atoms with Crippen LogP contribution in [-0.4, -0.2) is 23.6 Å². The van der Waals surface area contributed by atoms with E-state index in [0.717, 1.165) is 35.8 Å². The van der Waals surface area contributed by atoms with E-state index in [2.05, 4.69) is 26.7 Å². The van der Waals surface area contributed by atoms with Gasteiger partial charge in [-0.3, -0.25) is 0 Å². The Morgan fingerprint density at radius 3 is 2.58 bits per heavy atom. The quantitative estimate of drug-likeness (QED) is 0.582. The molecule has 5 nitrogen and oxygen atoms in total. The van der Waals surface area contributed by atoms with E-state index in [0.29, 0.717) is 16.0 Å². The lowest BCUT2D eigenvalue weighted by Gasteiger charge is -2.10. The zero-order valence-electron chi connectivity index (χ0n) is 14.2.